The van der Waals surface area contributed by atoms with E-state index in [2.05, 4.69) is 10.6 Å². The average Bonchev–Trinajstić information content (AvgIpc) is 2.64. The highest BCUT2D eigenvalue weighted by Gasteiger charge is 1.99. The highest BCUT2D eigenvalue weighted by Crippen LogP contribution is 2.18. The zero-order chi connectivity index (χ0) is 17.5. The first kappa shape index (κ1) is 16.3. The van der Waals surface area contributed by atoms with Gasteiger partial charge in [-0.2, -0.15) is 0 Å². The summed E-state index contributed by atoms with van der Waals surface area (Å²) in [5, 5.41) is 6.14. The van der Waals surface area contributed by atoms with Crippen molar-refractivity contribution in [2.24, 2.45) is 0 Å². The summed E-state index contributed by atoms with van der Waals surface area (Å²) in [6.07, 6.45) is 3.25. The number of hydrogen-bond acceptors (Lipinski definition) is 3. The Labute approximate surface area is 147 Å². The lowest BCUT2D eigenvalue weighted by Crippen LogP contribution is -2.07. The van der Waals surface area contributed by atoms with Crippen molar-refractivity contribution in [3.05, 3.63) is 90.5 Å². The molecule has 25 heavy (non-hydrogen) atoms. The van der Waals surface area contributed by atoms with Gasteiger partial charge in [-0.05, 0) is 60.2 Å². The molecule has 0 saturated heterocycles. The van der Waals surface area contributed by atoms with Gasteiger partial charge in [0.1, 0.15) is 0 Å². The lowest BCUT2D eigenvalue weighted by Gasteiger charge is -2.07. The molecule has 0 aromatic heterocycles. The minimum Gasteiger partial charge on any atom is -0.399 e. The average molecular weight is 329 g/mol. The van der Waals surface area contributed by atoms with Crippen molar-refractivity contribution in [1.82, 2.24) is 0 Å². The fourth-order valence-corrected chi connectivity index (χ4v) is 2.29. The summed E-state index contributed by atoms with van der Waals surface area (Å²) < 4.78 is 0. The van der Waals surface area contributed by atoms with E-state index in [4.69, 9.17) is 5.73 Å². The Balaban J connectivity index is 1.57. The van der Waals surface area contributed by atoms with E-state index in [-0.39, 0.29) is 5.91 Å². The van der Waals surface area contributed by atoms with E-state index in [0.29, 0.717) is 5.69 Å². The van der Waals surface area contributed by atoms with Gasteiger partial charge in [-0.15, -0.1) is 0 Å². The van der Waals surface area contributed by atoms with Gasteiger partial charge in [0.2, 0.25) is 5.91 Å². The standard InChI is InChI=1S/C21H19N3O/c22-17-9-6-16(7-10-17)8-15-21(25)24-20-13-11-19(12-14-20)23-18-4-2-1-3-5-18/h1-15,23H,22H2,(H,24,25)/b15-8+. The number of nitrogens with one attached hydrogen (secondary N) is 2. The molecule has 0 spiro atoms. The van der Waals surface area contributed by atoms with Gasteiger partial charge in [-0.3, -0.25) is 4.79 Å². The smallest absolute Gasteiger partial charge is 0.248 e. The van der Waals surface area contributed by atoms with Gasteiger partial charge in [0.15, 0.2) is 0 Å². The van der Waals surface area contributed by atoms with Crippen LogP contribution < -0.4 is 16.4 Å². The minimum absolute atomic E-state index is 0.180. The molecule has 0 saturated carbocycles. The molecule has 4 heteroatoms. The van der Waals surface area contributed by atoms with E-state index in [9.17, 15) is 4.79 Å². The summed E-state index contributed by atoms with van der Waals surface area (Å²) in [6.45, 7) is 0. The van der Waals surface area contributed by atoms with Crippen molar-refractivity contribution in [3.8, 4) is 0 Å². The molecule has 0 heterocycles. The van der Waals surface area contributed by atoms with E-state index in [1.54, 1.807) is 18.2 Å². The molecular weight excluding hydrogens is 310 g/mol. The second-order valence-corrected chi connectivity index (χ2v) is 5.56. The minimum atomic E-state index is -0.180. The predicted octanol–water partition coefficient (Wildman–Crippen LogP) is 4.66. The van der Waals surface area contributed by atoms with Crippen molar-refractivity contribution in [3.63, 3.8) is 0 Å². The summed E-state index contributed by atoms with van der Waals surface area (Å²) in [7, 11) is 0. The Morgan fingerprint density at radius 1 is 0.760 bits per heavy atom. The number of anilines is 4. The van der Waals surface area contributed by atoms with Crippen LogP contribution in [0.5, 0.6) is 0 Å². The van der Waals surface area contributed by atoms with E-state index in [1.165, 1.54) is 6.08 Å². The van der Waals surface area contributed by atoms with Gasteiger partial charge in [0, 0.05) is 28.8 Å². The summed E-state index contributed by atoms with van der Waals surface area (Å²) in [5.74, 6) is -0.180. The normalized spacial score (nSPS) is 10.6. The number of hydrogen-bond donors (Lipinski definition) is 3. The topological polar surface area (TPSA) is 67.2 Å². The third-order valence-corrected chi connectivity index (χ3v) is 3.58. The van der Waals surface area contributed by atoms with E-state index in [0.717, 1.165) is 22.6 Å². The maximum absolute atomic E-state index is 12.0. The molecule has 0 unspecified atom stereocenters. The van der Waals surface area contributed by atoms with Crippen molar-refractivity contribution in [2.75, 3.05) is 16.4 Å². The lowest BCUT2D eigenvalue weighted by atomic mass is 10.2. The first-order chi connectivity index (χ1) is 12.2. The molecular formula is C21H19N3O. The van der Waals surface area contributed by atoms with Crippen LogP contribution in [-0.4, -0.2) is 5.91 Å². The monoisotopic (exact) mass is 329 g/mol. The van der Waals surface area contributed by atoms with Gasteiger partial charge in [-0.25, -0.2) is 0 Å². The second-order valence-electron chi connectivity index (χ2n) is 5.56. The van der Waals surface area contributed by atoms with Crippen molar-refractivity contribution >= 4 is 34.7 Å². The van der Waals surface area contributed by atoms with E-state index in [1.807, 2.05) is 66.7 Å². The molecule has 0 radical (unpaired) electrons. The van der Waals surface area contributed by atoms with Crippen LogP contribution in [0.4, 0.5) is 22.7 Å². The van der Waals surface area contributed by atoms with Crippen LogP contribution in [0, 0.1) is 0 Å². The summed E-state index contributed by atoms with van der Waals surface area (Å²) in [4.78, 5) is 12.0. The molecule has 0 bridgehead atoms. The Hall–Kier alpha value is -3.53. The number of para-hydroxylation sites is 1. The van der Waals surface area contributed by atoms with Crippen molar-refractivity contribution in [1.29, 1.82) is 0 Å². The fourth-order valence-electron chi connectivity index (χ4n) is 2.29. The molecule has 1 amide bonds. The highest BCUT2D eigenvalue weighted by atomic mass is 16.1. The Kier molecular flexibility index (Phi) is 5.12. The molecule has 0 aliphatic carbocycles. The Morgan fingerprint density at radius 3 is 2.04 bits per heavy atom. The molecule has 0 aliphatic rings. The molecule has 124 valence electrons. The number of nitrogen functional groups attached to an aromatic ring is 1. The maximum Gasteiger partial charge on any atom is 0.248 e. The van der Waals surface area contributed by atoms with Crippen molar-refractivity contribution < 1.29 is 4.79 Å². The Bertz CT molecular complexity index is 854. The zero-order valence-electron chi connectivity index (χ0n) is 13.6. The maximum atomic E-state index is 12.0. The van der Waals surface area contributed by atoms with Gasteiger partial charge in [0.25, 0.3) is 0 Å². The van der Waals surface area contributed by atoms with Gasteiger partial charge >= 0.3 is 0 Å². The first-order valence-electron chi connectivity index (χ1n) is 7.96. The zero-order valence-corrected chi connectivity index (χ0v) is 13.6. The van der Waals surface area contributed by atoms with E-state index < -0.39 is 0 Å². The first-order valence-corrected chi connectivity index (χ1v) is 7.96. The largest absolute Gasteiger partial charge is 0.399 e. The van der Waals surface area contributed by atoms with Gasteiger partial charge in [-0.1, -0.05) is 30.3 Å². The molecule has 3 aromatic carbocycles. The number of nitrogens with two attached hydrogens (primary N) is 1. The van der Waals surface area contributed by atoms with Crippen LogP contribution in [-0.2, 0) is 4.79 Å². The lowest BCUT2D eigenvalue weighted by molar-refractivity contribution is -0.111. The molecule has 4 nitrogen and oxygen atoms in total. The third-order valence-electron chi connectivity index (χ3n) is 3.58. The molecule has 3 aromatic rings. The van der Waals surface area contributed by atoms with Crippen LogP contribution in [0.3, 0.4) is 0 Å². The van der Waals surface area contributed by atoms with Crippen LogP contribution in [0.2, 0.25) is 0 Å². The number of rotatable bonds is 5. The van der Waals surface area contributed by atoms with Crippen LogP contribution in [0.1, 0.15) is 5.56 Å². The molecule has 0 atom stereocenters. The third kappa shape index (κ3) is 4.97. The van der Waals surface area contributed by atoms with Gasteiger partial charge < -0.3 is 16.4 Å². The van der Waals surface area contributed by atoms with Gasteiger partial charge in [0.05, 0.1) is 0 Å². The summed E-state index contributed by atoms with van der Waals surface area (Å²) in [6, 6.07) is 24.8. The molecule has 0 fully saturated rings. The number of amides is 1. The van der Waals surface area contributed by atoms with Crippen molar-refractivity contribution in [2.45, 2.75) is 0 Å². The summed E-state index contributed by atoms with van der Waals surface area (Å²) >= 11 is 0. The van der Waals surface area contributed by atoms with Crippen LogP contribution >= 0.6 is 0 Å². The molecule has 0 aliphatic heterocycles. The second kappa shape index (κ2) is 7.84. The Morgan fingerprint density at radius 2 is 1.36 bits per heavy atom. The quantitative estimate of drug-likeness (QED) is 0.471. The SMILES string of the molecule is Nc1ccc(/C=C/C(=O)Nc2ccc(Nc3ccccc3)cc2)cc1. The van der Waals surface area contributed by atoms with E-state index >= 15 is 0 Å². The molecule has 4 N–H and O–H groups in total. The number of carbonyl (C=O) groups excluding carboxylic acids is 1. The molecule has 3 rings (SSSR count). The number of carbonyl (C=O) groups is 1. The fraction of sp³-hybridized carbons (Fsp3) is 0. The van der Waals surface area contributed by atoms with Crippen LogP contribution in [0.25, 0.3) is 6.08 Å². The highest BCUT2D eigenvalue weighted by molar-refractivity contribution is 6.02. The number of benzene rings is 3. The summed E-state index contributed by atoms with van der Waals surface area (Å²) in [5.41, 5.74) is 9.98. The predicted molar refractivity (Wildman–Crippen MR) is 105 cm³/mol. The van der Waals surface area contributed by atoms with Crippen LogP contribution in [0.15, 0.2) is 84.9 Å².